The van der Waals surface area contributed by atoms with Crippen LogP contribution in [-0.2, 0) is 0 Å². The average Bonchev–Trinajstić information content (AvgIpc) is 2.25. The van der Waals surface area contributed by atoms with E-state index >= 15 is 0 Å². The SMILES string of the molecule is N[C@@H](CCC(F)(F)F)c1cccc([N+](=O)[O-])c1. The van der Waals surface area contributed by atoms with Gasteiger partial charge in [0.1, 0.15) is 0 Å². The third-order valence-corrected chi connectivity index (χ3v) is 2.25. The van der Waals surface area contributed by atoms with Crippen LogP contribution in [-0.4, -0.2) is 11.1 Å². The first-order chi connectivity index (χ1) is 7.79. The van der Waals surface area contributed by atoms with E-state index < -0.39 is 23.6 Å². The van der Waals surface area contributed by atoms with Gasteiger partial charge in [0.15, 0.2) is 0 Å². The van der Waals surface area contributed by atoms with Gasteiger partial charge in [-0.1, -0.05) is 12.1 Å². The van der Waals surface area contributed by atoms with Crippen LogP contribution in [0.25, 0.3) is 0 Å². The molecule has 0 radical (unpaired) electrons. The molecule has 0 amide bonds. The minimum Gasteiger partial charge on any atom is -0.324 e. The lowest BCUT2D eigenvalue weighted by Crippen LogP contribution is -2.15. The lowest BCUT2D eigenvalue weighted by atomic mass is 10.0. The van der Waals surface area contributed by atoms with E-state index in [-0.39, 0.29) is 12.1 Å². The highest BCUT2D eigenvalue weighted by Crippen LogP contribution is 2.27. The van der Waals surface area contributed by atoms with Crippen molar-refractivity contribution in [3.63, 3.8) is 0 Å². The average molecular weight is 248 g/mol. The van der Waals surface area contributed by atoms with E-state index in [4.69, 9.17) is 5.73 Å². The van der Waals surface area contributed by atoms with Crippen molar-refractivity contribution in [2.24, 2.45) is 5.73 Å². The summed E-state index contributed by atoms with van der Waals surface area (Å²) in [6.45, 7) is 0. The van der Waals surface area contributed by atoms with Gasteiger partial charge in [-0.2, -0.15) is 13.2 Å². The van der Waals surface area contributed by atoms with Crippen LogP contribution in [0.2, 0.25) is 0 Å². The normalized spacial score (nSPS) is 13.4. The summed E-state index contributed by atoms with van der Waals surface area (Å²) in [6, 6.07) is 4.49. The summed E-state index contributed by atoms with van der Waals surface area (Å²) in [7, 11) is 0. The minimum absolute atomic E-state index is 0.176. The molecule has 4 nitrogen and oxygen atoms in total. The molecule has 0 saturated carbocycles. The zero-order valence-electron chi connectivity index (χ0n) is 8.78. The molecule has 0 saturated heterocycles. The number of hydrogen-bond donors (Lipinski definition) is 1. The van der Waals surface area contributed by atoms with Crippen LogP contribution in [0.3, 0.4) is 0 Å². The predicted molar refractivity (Wildman–Crippen MR) is 55.3 cm³/mol. The number of nitrogens with zero attached hydrogens (tertiary/aromatic N) is 1. The van der Waals surface area contributed by atoms with E-state index in [1.165, 1.54) is 24.3 Å². The standard InChI is InChI=1S/C10H11F3N2O2/c11-10(12,13)5-4-9(14)7-2-1-3-8(6-7)15(16)17/h1-3,6,9H,4-5,14H2/t9-/m0/s1. The highest BCUT2D eigenvalue weighted by atomic mass is 19.4. The number of benzene rings is 1. The second-order valence-electron chi connectivity index (χ2n) is 3.61. The van der Waals surface area contributed by atoms with Crippen LogP contribution in [0.1, 0.15) is 24.4 Å². The van der Waals surface area contributed by atoms with Gasteiger partial charge < -0.3 is 5.73 Å². The van der Waals surface area contributed by atoms with Gasteiger partial charge in [0.2, 0.25) is 0 Å². The molecule has 1 atom stereocenters. The van der Waals surface area contributed by atoms with E-state index in [1.54, 1.807) is 0 Å². The van der Waals surface area contributed by atoms with Crippen molar-refractivity contribution >= 4 is 5.69 Å². The molecule has 1 rings (SSSR count). The molecule has 7 heteroatoms. The lowest BCUT2D eigenvalue weighted by Gasteiger charge is -2.13. The van der Waals surface area contributed by atoms with Gasteiger partial charge >= 0.3 is 6.18 Å². The van der Waals surface area contributed by atoms with Crippen molar-refractivity contribution in [1.29, 1.82) is 0 Å². The van der Waals surface area contributed by atoms with E-state index in [2.05, 4.69) is 0 Å². The number of alkyl halides is 3. The minimum atomic E-state index is -4.27. The van der Waals surface area contributed by atoms with Crippen molar-refractivity contribution < 1.29 is 18.1 Å². The van der Waals surface area contributed by atoms with Crippen LogP contribution < -0.4 is 5.73 Å². The van der Waals surface area contributed by atoms with E-state index in [0.717, 1.165) is 0 Å². The van der Waals surface area contributed by atoms with Gasteiger partial charge in [-0.05, 0) is 12.0 Å². The van der Waals surface area contributed by atoms with E-state index in [9.17, 15) is 23.3 Å². The van der Waals surface area contributed by atoms with Crippen LogP contribution in [0, 0.1) is 10.1 Å². The topological polar surface area (TPSA) is 69.2 Å². The molecule has 2 N–H and O–H groups in total. The third-order valence-electron chi connectivity index (χ3n) is 2.25. The molecule has 0 bridgehead atoms. The lowest BCUT2D eigenvalue weighted by molar-refractivity contribution is -0.384. The monoisotopic (exact) mass is 248 g/mol. The summed E-state index contributed by atoms with van der Waals surface area (Å²) in [5, 5.41) is 10.5. The fourth-order valence-electron chi connectivity index (χ4n) is 1.35. The van der Waals surface area contributed by atoms with Crippen LogP contribution in [0.15, 0.2) is 24.3 Å². The molecule has 0 aliphatic heterocycles. The Balaban J connectivity index is 2.72. The first-order valence-corrected chi connectivity index (χ1v) is 4.86. The van der Waals surface area contributed by atoms with Crippen molar-refractivity contribution in [2.45, 2.75) is 25.1 Å². The fourth-order valence-corrected chi connectivity index (χ4v) is 1.35. The number of halogens is 3. The summed E-state index contributed by atoms with van der Waals surface area (Å²) in [4.78, 5) is 9.87. The summed E-state index contributed by atoms with van der Waals surface area (Å²) < 4.78 is 35.9. The highest BCUT2D eigenvalue weighted by Gasteiger charge is 2.28. The van der Waals surface area contributed by atoms with Gasteiger partial charge in [-0.15, -0.1) is 0 Å². The quantitative estimate of drug-likeness (QED) is 0.657. The Hall–Kier alpha value is -1.63. The predicted octanol–water partition coefficient (Wildman–Crippen LogP) is 2.94. The molecule has 1 aromatic carbocycles. The molecule has 17 heavy (non-hydrogen) atoms. The molecule has 0 aliphatic carbocycles. The zero-order valence-corrected chi connectivity index (χ0v) is 8.78. The van der Waals surface area contributed by atoms with Gasteiger partial charge in [0.25, 0.3) is 5.69 Å². The van der Waals surface area contributed by atoms with Crippen molar-refractivity contribution in [2.75, 3.05) is 0 Å². The molecule has 0 spiro atoms. The molecule has 0 heterocycles. The first kappa shape index (κ1) is 13.4. The largest absolute Gasteiger partial charge is 0.389 e. The Bertz CT molecular complexity index is 407. The van der Waals surface area contributed by atoms with Crippen LogP contribution in [0.4, 0.5) is 18.9 Å². The van der Waals surface area contributed by atoms with Crippen molar-refractivity contribution in [1.82, 2.24) is 0 Å². The Kier molecular flexibility index (Phi) is 4.06. The second-order valence-corrected chi connectivity index (χ2v) is 3.61. The Labute approximate surface area is 95.4 Å². The first-order valence-electron chi connectivity index (χ1n) is 4.86. The van der Waals surface area contributed by atoms with Gasteiger partial charge in [-0.3, -0.25) is 10.1 Å². The molecule has 0 fully saturated rings. The van der Waals surface area contributed by atoms with E-state index in [1.807, 2.05) is 0 Å². The number of hydrogen-bond acceptors (Lipinski definition) is 3. The zero-order chi connectivity index (χ0) is 13.1. The summed E-state index contributed by atoms with van der Waals surface area (Å²) in [6.07, 6.45) is -5.56. The number of nitro groups is 1. The number of non-ortho nitro benzene ring substituents is 1. The molecule has 0 aromatic heterocycles. The van der Waals surface area contributed by atoms with Gasteiger partial charge in [-0.25, -0.2) is 0 Å². The van der Waals surface area contributed by atoms with E-state index in [0.29, 0.717) is 5.56 Å². The van der Waals surface area contributed by atoms with Crippen LogP contribution >= 0.6 is 0 Å². The molecule has 94 valence electrons. The Morgan fingerprint density at radius 3 is 2.59 bits per heavy atom. The maximum atomic E-state index is 12.0. The molecular formula is C10H11F3N2O2. The Morgan fingerprint density at radius 1 is 1.41 bits per heavy atom. The molecule has 1 aromatic rings. The van der Waals surface area contributed by atoms with Crippen LogP contribution in [0.5, 0.6) is 0 Å². The fraction of sp³-hybridized carbons (Fsp3) is 0.400. The summed E-state index contributed by atoms with van der Waals surface area (Å²) in [5.41, 5.74) is 5.71. The number of nitrogens with two attached hydrogens (primary N) is 1. The number of nitro benzene ring substituents is 1. The molecule has 0 unspecified atom stereocenters. The second kappa shape index (κ2) is 5.13. The summed E-state index contributed by atoms with van der Waals surface area (Å²) in [5.74, 6) is 0. The number of rotatable bonds is 4. The third kappa shape index (κ3) is 4.39. The van der Waals surface area contributed by atoms with Crippen molar-refractivity contribution in [3.05, 3.63) is 39.9 Å². The summed E-state index contributed by atoms with van der Waals surface area (Å²) >= 11 is 0. The van der Waals surface area contributed by atoms with Gasteiger partial charge in [0.05, 0.1) is 4.92 Å². The maximum absolute atomic E-state index is 12.0. The van der Waals surface area contributed by atoms with Gasteiger partial charge in [0, 0.05) is 24.6 Å². The highest BCUT2D eigenvalue weighted by molar-refractivity contribution is 5.35. The molecular weight excluding hydrogens is 237 g/mol. The Morgan fingerprint density at radius 2 is 2.06 bits per heavy atom. The smallest absolute Gasteiger partial charge is 0.324 e. The maximum Gasteiger partial charge on any atom is 0.389 e. The molecule has 0 aliphatic rings. The van der Waals surface area contributed by atoms with Crippen molar-refractivity contribution in [3.8, 4) is 0 Å².